The molecular formula is C14H34N2Si. The molecule has 0 aliphatic heterocycles. The third kappa shape index (κ3) is 6.02. The summed E-state index contributed by atoms with van der Waals surface area (Å²) in [5, 5.41) is 7.71. The Balaban J connectivity index is 4.66. The summed E-state index contributed by atoms with van der Waals surface area (Å²) in [5.41, 5.74) is 0.879. The van der Waals surface area contributed by atoms with E-state index in [0.29, 0.717) is 5.16 Å². The van der Waals surface area contributed by atoms with Crippen LogP contribution in [0.3, 0.4) is 0 Å². The number of rotatable bonds is 10. The first-order valence-electron chi connectivity index (χ1n) is 7.47. The van der Waals surface area contributed by atoms with Gasteiger partial charge in [0, 0.05) is 11.7 Å². The largest absolute Gasteiger partial charge is 0.316 e. The van der Waals surface area contributed by atoms with Gasteiger partial charge in [-0.2, -0.15) is 0 Å². The Bertz CT molecular complexity index is 185. The Morgan fingerprint density at radius 2 is 1.76 bits per heavy atom. The van der Waals surface area contributed by atoms with Crippen molar-refractivity contribution in [1.82, 2.24) is 10.6 Å². The highest BCUT2D eigenvalue weighted by Crippen LogP contribution is 2.25. The third-order valence-corrected chi connectivity index (χ3v) is 8.50. The standard InChI is InChI=1S/C14H34N2Si/c1-7-10-11-17(13(4)5)14(6,16-9-3)12-15-8-2/h13,15-17H,7-12H2,1-6H3. The lowest BCUT2D eigenvalue weighted by atomic mass is 10.3. The SMILES string of the molecule is CCCC[SiH](C(C)C)C(C)(CNCC)NCC. The van der Waals surface area contributed by atoms with Crippen LogP contribution in [0.15, 0.2) is 0 Å². The molecule has 0 saturated heterocycles. The topological polar surface area (TPSA) is 24.1 Å². The average molecular weight is 259 g/mol. The molecular weight excluding hydrogens is 224 g/mol. The first kappa shape index (κ1) is 17.1. The fourth-order valence-corrected chi connectivity index (χ4v) is 7.42. The summed E-state index contributed by atoms with van der Waals surface area (Å²) in [7, 11) is -0.778. The van der Waals surface area contributed by atoms with Crippen LogP contribution in [-0.4, -0.2) is 33.6 Å². The smallest absolute Gasteiger partial charge is 0.0644 e. The minimum Gasteiger partial charge on any atom is -0.316 e. The minimum absolute atomic E-state index is 0.369. The zero-order valence-corrected chi connectivity index (χ0v) is 14.1. The van der Waals surface area contributed by atoms with Crippen LogP contribution >= 0.6 is 0 Å². The molecule has 2 unspecified atom stereocenters. The highest BCUT2D eigenvalue weighted by molar-refractivity contribution is 6.63. The van der Waals surface area contributed by atoms with Crippen molar-refractivity contribution in [3.63, 3.8) is 0 Å². The zero-order valence-electron chi connectivity index (χ0n) is 12.9. The van der Waals surface area contributed by atoms with Gasteiger partial charge in [0.05, 0.1) is 8.80 Å². The molecule has 2 N–H and O–H groups in total. The van der Waals surface area contributed by atoms with Crippen molar-refractivity contribution in [3.05, 3.63) is 0 Å². The van der Waals surface area contributed by atoms with E-state index in [1.165, 1.54) is 18.9 Å². The summed E-state index contributed by atoms with van der Waals surface area (Å²) >= 11 is 0. The van der Waals surface area contributed by atoms with Crippen LogP contribution in [0, 0.1) is 0 Å². The molecule has 0 aliphatic rings. The predicted octanol–water partition coefficient (Wildman–Crippen LogP) is 2.94. The van der Waals surface area contributed by atoms with E-state index in [-0.39, 0.29) is 0 Å². The highest BCUT2D eigenvalue weighted by Gasteiger charge is 2.35. The van der Waals surface area contributed by atoms with Gasteiger partial charge in [0.25, 0.3) is 0 Å². The van der Waals surface area contributed by atoms with Gasteiger partial charge in [-0.25, -0.2) is 0 Å². The number of unbranched alkanes of at least 4 members (excludes halogenated alkanes) is 1. The van der Waals surface area contributed by atoms with Gasteiger partial charge in [0.2, 0.25) is 0 Å². The number of hydrogen-bond acceptors (Lipinski definition) is 2. The monoisotopic (exact) mass is 258 g/mol. The lowest BCUT2D eigenvalue weighted by Gasteiger charge is -2.40. The van der Waals surface area contributed by atoms with E-state index in [2.05, 4.69) is 52.2 Å². The quantitative estimate of drug-likeness (QED) is 0.589. The molecule has 0 aromatic carbocycles. The predicted molar refractivity (Wildman–Crippen MR) is 82.6 cm³/mol. The van der Waals surface area contributed by atoms with Crippen molar-refractivity contribution >= 4 is 8.80 Å². The Morgan fingerprint density at radius 1 is 1.12 bits per heavy atom. The van der Waals surface area contributed by atoms with Crippen LogP contribution in [0.5, 0.6) is 0 Å². The van der Waals surface area contributed by atoms with Crippen molar-refractivity contribution in [3.8, 4) is 0 Å². The minimum atomic E-state index is -0.778. The maximum atomic E-state index is 3.78. The number of hydrogen-bond donors (Lipinski definition) is 2. The molecule has 17 heavy (non-hydrogen) atoms. The van der Waals surface area contributed by atoms with Gasteiger partial charge >= 0.3 is 0 Å². The van der Waals surface area contributed by atoms with E-state index < -0.39 is 8.80 Å². The molecule has 0 radical (unpaired) electrons. The molecule has 0 spiro atoms. The Kier molecular flexibility index (Phi) is 9.19. The summed E-state index contributed by atoms with van der Waals surface area (Å²) in [6, 6.07) is 1.48. The lowest BCUT2D eigenvalue weighted by molar-refractivity contribution is 0.449. The molecule has 104 valence electrons. The van der Waals surface area contributed by atoms with Crippen LogP contribution in [0.2, 0.25) is 11.6 Å². The van der Waals surface area contributed by atoms with E-state index in [0.717, 1.165) is 25.2 Å². The highest BCUT2D eigenvalue weighted by atomic mass is 28.3. The first-order valence-corrected chi connectivity index (χ1v) is 9.53. The van der Waals surface area contributed by atoms with E-state index in [1.54, 1.807) is 0 Å². The van der Waals surface area contributed by atoms with E-state index in [4.69, 9.17) is 0 Å². The molecule has 0 saturated carbocycles. The molecule has 0 aromatic heterocycles. The van der Waals surface area contributed by atoms with Gasteiger partial charge in [-0.3, -0.25) is 0 Å². The molecule has 0 amide bonds. The molecule has 0 aromatic rings. The molecule has 2 atom stereocenters. The molecule has 0 bridgehead atoms. The fraction of sp³-hybridized carbons (Fsp3) is 1.00. The van der Waals surface area contributed by atoms with Crippen molar-refractivity contribution < 1.29 is 0 Å². The van der Waals surface area contributed by atoms with Gasteiger partial charge < -0.3 is 10.6 Å². The van der Waals surface area contributed by atoms with Gasteiger partial charge in [-0.15, -0.1) is 0 Å². The summed E-state index contributed by atoms with van der Waals surface area (Å²) < 4.78 is 0. The number of likely N-dealkylation sites (N-methyl/N-ethyl adjacent to an activating group) is 2. The van der Waals surface area contributed by atoms with Crippen LogP contribution in [-0.2, 0) is 0 Å². The third-order valence-electron chi connectivity index (χ3n) is 3.81. The van der Waals surface area contributed by atoms with Crippen molar-refractivity contribution in [2.75, 3.05) is 19.6 Å². The second-order valence-electron chi connectivity index (χ2n) is 5.72. The van der Waals surface area contributed by atoms with Crippen molar-refractivity contribution in [1.29, 1.82) is 0 Å². The molecule has 0 rings (SSSR count). The van der Waals surface area contributed by atoms with Crippen LogP contribution < -0.4 is 10.6 Å². The first-order chi connectivity index (χ1) is 8.01. The summed E-state index contributed by atoms with van der Waals surface area (Å²) in [6.07, 6.45) is 2.74. The summed E-state index contributed by atoms with van der Waals surface area (Å²) in [6.45, 7) is 17.3. The Hall–Kier alpha value is 0.137. The van der Waals surface area contributed by atoms with E-state index >= 15 is 0 Å². The molecule has 2 nitrogen and oxygen atoms in total. The number of nitrogens with one attached hydrogen (secondary N) is 2. The van der Waals surface area contributed by atoms with Crippen LogP contribution in [0.4, 0.5) is 0 Å². The van der Waals surface area contributed by atoms with Crippen LogP contribution in [0.1, 0.15) is 54.4 Å². The van der Waals surface area contributed by atoms with Crippen molar-refractivity contribution in [2.24, 2.45) is 0 Å². The second kappa shape index (κ2) is 9.12. The fourth-order valence-electron chi connectivity index (χ4n) is 2.92. The van der Waals surface area contributed by atoms with Gasteiger partial charge in [-0.05, 0) is 20.0 Å². The molecule has 0 aliphatic carbocycles. The molecule has 3 heteroatoms. The lowest BCUT2D eigenvalue weighted by Crippen LogP contribution is -2.61. The normalized spacial score (nSPS) is 17.1. The van der Waals surface area contributed by atoms with Gasteiger partial charge in [-0.1, -0.05) is 59.0 Å². The van der Waals surface area contributed by atoms with Crippen LogP contribution in [0.25, 0.3) is 0 Å². The van der Waals surface area contributed by atoms with E-state index in [9.17, 15) is 0 Å². The Morgan fingerprint density at radius 3 is 2.18 bits per heavy atom. The van der Waals surface area contributed by atoms with Gasteiger partial charge in [0.1, 0.15) is 0 Å². The molecule has 0 fully saturated rings. The van der Waals surface area contributed by atoms with Gasteiger partial charge in [0.15, 0.2) is 0 Å². The average Bonchev–Trinajstić information content (AvgIpc) is 2.27. The Labute approximate surface area is 111 Å². The summed E-state index contributed by atoms with van der Waals surface area (Å²) in [5.74, 6) is 0. The maximum absolute atomic E-state index is 3.78. The second-order valence-corrected chi connectivity index (χ2v) is 10.1. The molecule has 0 heterocycles. The summed E-state index contributed by atoms with van der Waals surface area (Å²) in [4.78, 5) is 0. The zero-order chi connectivity index (χ0) is 13.3. The van der Waals surface area contributed by atoms with Crippen molar-refractivity contribution in [2.45, 2.75) is 71.1 Å². The van der Waals surface area contributed by atoms with E-state index in [1.807, 2.05) is 0 Å². The maximum Gasteiger partial charge on any atom is 0.0644 e.